The molecular weight excluding hydrogens is 828 g/mol. The predicted octanol–water partition coefficient (Wildman–Crippen LogP) is 16.4. The fourth-order valence-corrected chi connectivity index (χ4v) is 9.47. The molecular formula is C56H113N2O6P. The quantitative estimate of drug-likeness (QED) is 0.0272. The molecule has 0 spiro atoms. The number of likely N-dealkylation sites (N-methyl/N-ethyl adjacent to an activating group) is 1. The first-order chi connectivity index (χ1) is 31.5. The SMILES string of the molecule is CCCCC/C=C\CCCCCCCC(=O)NC(COP(=O)([O-])OCC[N+](C)(C)C)C(O)CCCCCCCCCCCCCCCCCCCCCCCCCCCCCCCCC. The van der Waals surface area contributed by atoms with Gasteiger partial charge >= 0.3 is 0 Å². The van der Waals surface area contributed by atoms with Crippen molar-refractivity contribution in [3.63, 3.8) is 0 Å². The number of hydrogen-bond donors (Lipinski definition) is 2. The van der Waals surface area contributed by atoms with Gasteiger partial charge in [0.1, 0.15) is 13.2 Å². The number of nitrogens with zero attached hydrogens (tertiary/aromatic N) is 1. The number of hydrogen-bond acceptors (Lipinski definition) is 6. The summed E-state index contributed by atoms with van der Waals surface area (Å²) < 4.78 is 23.4. The summed E-state index contributed by atoms with van der Waals surface area (Å²) in [6.45, 7) is 4.72. The lowest BCUT2D eigenvalue weighted by Gasteiger charge is -2.30. The number of carbonyl (C=O) groups is 1. The summed E-state index contributed by atoms with van der Waals surface area (Å²) in [5.41, 5.74) is 0. The summed E-state index contributed by atoms with van der Waals surface area (Å²) in [5.74, 6) is -0.171. The lowest BCUT2D eigenvalue weighted by atomic mass is 10.0. The van der Waals surface area contributed by atoms with Gasteiger partial charge in [0.2, 0.25) is 5.91 Å². The zero-order chi connectivity index (χ0) is 47.8. The molecule has 0 fully saturated rings. The highest BCUT2D eigenvalue weighted by molar-refractivity contribution is 7.45. The number of rotatable bonds is 53. The van der Waals surface area contributed by atoms with Gasteiger partial charge in [0.05, 0.1) is 39.9 Å². The van der Waals surface area contributed by atoms with E-state index in [-0.39, 0.29) is 19.1 Å². The highest BCUT2D eigenvalue weighted by atomic mass is 31.2. The molecule has 1 amide bonds. The van der Waals surface area contributed by atoms with E-state index in [0.29, 0.717) is 23.9 Å². The van der Waals surface area contributed by atoms with Gasteiger partial charge in [-0.1, -0.05) is 257 Å². The third kappa shape index (κ3) is 50.9. The molecule has 0 saturated carbocycles. The van der Waals surface area contributed by atoms with Gasteiger partial charge in [-0.05, 0) is 38.5 Å². The molecule has 0 saturated heterocycles. The van der Waals surface area contributed by atoms with Crippen LogP contribution >= 0.6 is 7.82 Å². The van der Waals surface area contributed by atoms with Crippen molar-refractivity contribution >= 4 is 13.7 Å². The molecule has 388 valence electrons. The Balaban J connectivity index is 3.98. The maximum absolute atomic E-state index is 12.9. The number of nitrogens with one attached hydrogen (secondary N) is 1. The lowest BCUT2D eigenvalue weighted by molar-refractivity contribution is -0.870. The van der Waals surface area contributed by atoms with Crippen LogP contribution in [0.2, 0.25) is 0 Å². The average Bonchev–Trinajstić information content (AvgIpc) is 3.26. The summed E-state index contributed by atoms with van der Waals surface area (Å²) in [7, 11) is 1.31. The molecule has 0 rings (SSSR count). The molecule has 65 heavy (non-hydrogen) atoms. The van der Waals surface area contributed by atoms with Gasteiger partial charge in [0.25, 0.3) is 7.82 Å². The van der Waals surface area contributed by atoms with E-state index in [1.165, 1.54) is 212 Å². The molecule has 8 nitrogen and oxygen atoms in total. The minimum absolute atomic E-state index is 0.0127. The van der Waals surface area contributed by atoms with Crippen molar-refractivity contribution in [1.82, 2.24) is 5.32 Å². The summed E-state index contributed by atoms with van der Waals surface area (Å²) in [4.78, 5) is 25.4. The van der Waals surface area contributed by atoms with Crippen molar-refractivity contribution in [2.75, 3.05) is 40.9 Å². The van der Waals surface area contributed by atoms with E-state index in [0.717, 1.165) is 51.4 Å². The van der Waals surface area contributed by atoms with Gasteiger partial charge < -0.3 is 28.8 Å². The van der Waals surface area contributed by atoms with Crippen molar-refractivity contribution in [3.8, 4) is 0 Å². The van der Waals surface area contributed by atoms with E-state index >= 15 is 0 Å². The Morgan fingerprint density at radius 1 is 0.523 bits per heavy atom. The third-order valence-corrected chi connectivity index (χ3v) is 14.2. The number of aliphatic hydroxyl groups excluding tert-OH is 1. The summed E-state index contributed by atoms with van der Waals surface area (Å²) in [6.07, 6.45) is 58.3. The molecule has 0 aliphatic heterocycles. The van der Waals surface area contributed by atoms with Gasteiger partial charge in [0, 0.05) is 6.42 Å². The van der Waals surface area contributed by atoms with E-state index in [1.807, 2.05) is 21.1 Å². The number of amides is 1. The number of allylic oxidation sites excluding steroid dienone is 2. The van der Waals surface area contributed by atoms with Crippen molar-refractivity contribution in [2.45, 2.75) is 302 Å². The van der Waals surface area contributed by atoms with E-state index in [9.17, 15) is 19.4 Å². The fourth-order valence-electron chi connectivity index (χ4n) is 8.74. The molecule has 0 aliphatic carbocycles. The molecule has 0 aromatic heterocycles. The van der Waals surface area contributed by atoms with E-state index in [2.05, 4.69) is 31.3 Å². The monoisotopic (exact) mass is 941 g/mol. The molecule has 0 aromatic carbocycles. The zero-order valence-electron chi connectivity index (χ0n) is 44.2. The smallest absolute Gasteiger partial charge is 0.268 e. The zero-order valence-corrected chi connectivity index (χ0v) is 45.1. The van der Waals surface area contributed by atoms with Crippen molar-refractivity contribution in [1.29, 1.82) is 0 Å². The molecule has 3 atom stereocenters. The molecule has 0 aliphatic rings. The minimum Gasteiger partial charge on any atom is -0.756 e. The maximum Gasteiger partial charge on any atom is 0.268 e. The average molecular weight is 942 g/mol. The molecule has 2 N–H and O–H groups in total. The first-order valence-electron chi connectivity index (χ1n) is 28.5. The van der Waals surface area contributed by atoms with Crippen LogP contribution in [0.1, 0.15) is 290 Å². The highest BCUT2D eigenvalue weighted by Gasteiger charge is 2.24. The predicted molar refractivity (Wildman–Crippen MR) is 279 cm³/mol. The van der Waals surface area contributed by atoms with Crippen LogP contribution in [0.15, 0.2) is 12.2 Å². The van der Waals surface area contributed by atoms with Gasteiger partial charge in [-0.15, -0.1) is 0 Å². The van der Waals surface area contributed by atoms with Crippen LogP contribution in [0, 0.1) is 0 Å². The largest absolute Gasteiger partial charge is 0.756 e. The Morgan fingerprint density at radius 3 is 1.23 bits per heavy atom. The van der Waals surface area contributed by atoms with Crippen LogP contribution in [-0.2, 0) is 18.4 Å². The second-order valence-electron chi connectivity index (χ2n) is 21.0. The maximum atomic E-state index is 12.9. The normalized spacial score (nSPS) is 14.0. The Morgan fingerprint density at radius 2 is 0.846 bits per heavy atom. The van der Waals surface area contributed by atoms with Crippen molar-refractivity contribution in [3.05, 3.63) is 12.2 Å². The summed E-state index contributed by atoms with van der Waals surface area (Å²) in [6, 6.07) is -0.801. The van der Waals surface area contributed by atoms with Gasteiger partial charge in [-0.3, -0.25) is 9.36 Å². The number of aliphatic hydroxyl groups is 1. The third-order valence-electron chi connectivity index (χ3n) is 13.3. The number of unbranched alkanes of at least 4 members (excludes halogenated alkanes) is 38. The van der Waals surface area contributed by atoms with Crippen LogP contribution in [0.5, 0.6) is 0 Å². The molecule has 3 unspecified atom stereocenters. The molecule has 9 heteroatoms. The molecule has 0 aromatic rings. The van der Waals surface area contributed by atoms with E-state index in [4.69, 9.17) is 9.05 Å². The molecule has 0 radical (unpaired) electrons. The fraction of sp³-hybridized carbons (Fsp3) is 0.946. The Hall–Kier alpha value is -0.760. The summed E-state index contributed by atoms with van der Waals surface area (Å²) in [5, 5.41) is 14.0. The Bertz CT molecular complexity index is 1070. The number of quaternary nitrogens is 1. The second-order valence-corrected chi connectivity index (χ2v) is 22.4. The number of phosphoric acid groups is 1. The Labute approximate surface area is 405 Å². The first kappa shape index (κ1) is 64.2. The van der Waals surface area contributed by atoms with Crippen LogP contribution in [0.25, 0.3) is 0 Å². The van der Waals surface area contributed by atoms with Crippen molar-refractivity contribution < 1.29 is 32.9 Å². The number of carbonyl (C=O) groups excluding carboxylic acids is 1. The Kier molecular flexibility index (Phi) is 47.7. The number of phosphoric ester groups is 1. The topological polar surface area (TPSA) is 108 Å². The van der Waals surface area contributed by atoms with Gasteiger partial charge in [-0.25, -0.2) is 0 Å². The van der Waals surface area contributed by atoms with Crippen LogP contribution < -0.4 is 10.2 Å². The standard InChI is InChI=1S/C56H113N2O6P/c1-6-8-10-12-14-16-18-20-21-22-23-24-25-26-27-28-29-30-31-32-33-34-35-36-37-38-39-41-43-45-47-49-55(59)54(53-64-65(61,62)63-52-51-58(3,4)5)57-56(60)50-48-46-44-42-40-19-17-15-13-11-9-7-2/h15,17,54-55,59H,6-14,16,18-53H2,1-5H3,(H-,57,60,61,62)/b17-15-. The first-order valence-corrected chi connectivity index (χ1v) is 30.0. The van der Waals surface area contributed by atoms with Gasteiger partial charge in [0.15, 0.2) is 0 Å². The summed E-state index contributed by atoms with van der Waals surface area (Å²) >= 11 is 0. The van der Waals surface area contributed by atoms with Crippen molar-refractivity contribution in [2.24, 2.45) is 0 Å². The lowest BCUT2D eigenvalue weighted by Crippen LogP contribution is -2.46. The van der Waals surface area contributed by atoms with Crippen LogP contribution in [-0.4, -0.2) is 68.5 Å². The van der Waals surface area contributed by atoms with E-state index < -0.39 is 20.0 Å². The molecule has 0 bridgehead atoms. The minimum atomic E-state index is -4.57. The second kappa shape index (κ2) is 48.3. The van der Waals surface area contributed by atoms with Crippen LogP contribution in [0.3, 0.4) is 0 Å². The molecule has 0 heterocycles. The highest BCUT2D eigenvalue weighted by Crippen LogP contribution is 2.38. The van der Waals surface area contributed by atoms with E-state index in [1.54, 1.807) is 0 Å². The van der Waals surface area contributed by atoms with Gasteiger partial charge in [-0.2, -0.15) is 0 Å². The van der Waals surface area contributed by atoms with Crippen LogP contribution in [0.4, 0.5) is 0 Å².